The molecule has 6 nitrogen and oxygen atoms in total. The van der Waals surface area contributed by atoms with Gasteiger partial charge >= 0.3 is 0 Å². The lowest BCUT2D eigenvalue weighted by molar-refractivity contribution is -0.116. The lowest BCUT2D eigenvalue weighted by atomic mass is 9.78. The van der Waals surface area contributed by atoms with Gasteiger partial charge in [-0.3, -0.25) is 9.48 Å². The number of rotatable bonds is 4. The molecule has 2 saturated carbocycles. The summed E-state index contributed by atoms with van der Waals surface area (Å²) in [6, 6.07) is 0.126. The van der Waals surface area contributed by atoms with Gasteiger partial charge in [0.2, 0.25) is 0 Å². The Hall–Kier alpha value is -1.87. The van der Waals surface area contributed by atoms with E-state index >= 15 is 0 Å². The van der Waals surface area contributed by atoms with Crippen molar-refractivity contribution >= 4 is 5.91 Å². The maximum Gasteiger partial charge on any atom is 0.296 e. The summed E-state index contributed by atoms with van der Waals surface area (Å²) in [4.78, 5) is 12.1. The van der Waals surface area contributed by atoms with Gasteiger partial charge in [0.1, 0.15) is 11.3 Å². The van der Waals surface area contributed by atoms with Crippen LogP contribution >= 0.6 is 0 Å². The zero-order chi connectivity index (χ0) is 18.1. The number of amides is 1. The first-order valence-electron chi connectivity index (χ1n) is 9.22. The van der Waals surface area contributed by atoms with Crippen LogP contribution in [0.2, 0.25) is 0 Å². The number of carbonyl (C=O) groups excluding carboxylic acids is 1. The first-order chi connectivity index (χ1) is 11.8. The molecule has 1 heterocycles. The molecule has 2 fully saturated rings. The number of hydrogen-bond acceptors (Lipinski definition) is 4. The van der Waals surface area contributed by atoms with E-state index in [0.717, 1.165) is 38.5 Å². The Morgan fingerprint density at radius 2 is 2.16 bits per heavy atom. The van der Waals surface area contributed by atoms with E-state index in [1.165, 1.54) is 0 Å². The number of nitrogens with one attached hydrogen (secondary N) is 1. The highest BCUT2D eigenvalue weighted by molar-refractivity contribution is 5.93. The van der Waals surface area contributed by atoms with E-state index in [2.05, 4.69) is 27.5 Å². The highest BCUT2D eigenvalue weighted by Crippen LogP contribution is 2.39. The molecule has 2 aliphatic rings. The molecule has 0 saturated heterocycles. The van der Waals surface area contributed by atoms with Gasteiger partial charge in [-0.05, 0) is 64.7 Å². The normalized spacial score (nSPS) is 25.0. The van der Waals surface area contributed by atoms with Gasteiger partial charge in [0.05, 0.1) is 6.20 Å². The predicted molar refractivity (Wildman–Crippen MR) is 94.3 cm³/mol. The molecule has 0 bridgehead atoms. The first kappa shape index (κ1) is 17.9. The van der Waals surface area contributed by atoms with Crippen molar-refractivity contribution in [2.24, 2.45) is 11.3 Å². The summed E-state index contributed by atoms with van der Waals surface area (Å²) in [6.07, 6.45) is 7.54. The molecule has 2 N–H and O–H groups in total. The van der Waals surface area contributed by atoms with E-state index in [9.17, 15) is 9.90 Å². The molecule has 136 valence electrons. The molecular weight excluding hydrogens is 316 g/mol. The second-order valence-corrected chi connectivity index (χ2v) is 8.48. The average Bonchev–Trinajstić information content (AvgIpc) is 3.13. The summed E-state index contributed by atoms with van der Waals surface area (Å²) in [5.41, 5.74) is -0.275. The van der Waals surface area contributed by atoms with Crippen LogP contribution in [0.3, 0.4) is 0 Å². The quantitative estimate of drug-likeness (QED) is 0.819. The maximum absolute atomic E-state index is 12.1. The van der Waals surface area contributed by atoms with Crippen LogP contribution in [0.1, 0.15) is 65.0 Å². The summed E-state index contributed by atoms with van der Waals surface area (Å²) < 4.78 is 1.81. The van der Waals surface area contributed by atoms with Gasteiger partial charge in [0.15, 0.2) is 0 Å². The van der Waals surface area contributed by atoms with Crippen LogP contribution in [0.4, 0.5) is 0 Å². The monoisotopic (exact) mass is 344 g/mol. The van der Waals surface area contributed by atoms with Gasteiger partial charge in [0.25, 0.3) is 5.91 Å². The molecule has 3 rings (SSSR count). The Bertz CT molecular complexity index is 688. The van der Waals surface area contributed by atoms with Crippen molar-refractivity contribution in [2.75, 3.05) is 0 Å². The Morgan fingerprint density at radius 3 is 2.80 bits per heavy atom. The van der Waals surface area contributed by atoms with Gasteiger partial charge in [0, 0.05) is 18.0 Å². The second-order valence-electron chi connectivity index (χ2n) is 8.48. The van der Waals surface area contributed by atoms with Crippen LogP contribution in [-0.2, 0) is 16.9 Å². The van der Waals surface area contributed by atoms with Crippen LogP contribution < -0.4 is 5.32 Å². The highest BCUT2D eigenvalue weighted by atomic mass is 16.3. The molecule has 6 heteroatoms. The molecular formula is C19H28N4O2. The van der Waals surface area contributed by atoms with Crippen LogP contribution in [-0.4, -0.2) is 32.0 Å². The van der Waals surface area contributed by atoms with Crippen LogP contribution in [0.15, 0.2) is 6.20 Å². The molecule has 0 spiro atoms. The summed E-state index contributed by atoms with van der Waals surface area (Å²) in [5, 5.41) is 21.7. The molecule has 0 aromatic carbocycles. The fraction of sp³-hybridized carbons (Fsp3) is 0.737. The molecule has 2 atom stereocenters. The minimum absolute atomic E-state index is 0.126. The summed E-state index contributed by atoms with van der Waals surface area (Å²) in [6.45, 7) is 6.68. The summed E-state index contributed by atoms with van der Waals surface area (Å²) >= 11 is 0. The average molecular weight is 344 g/mol. The van der Waals surface area contributed by atoms with E-state index in [1.54, 1.807) is 0 Å². The lowest BCUT2D eigenvalue weighted by Crippen LogP contribution is -2.38. The van der Waals surface area contributed by atoms with E-state index < -0.39 is 5.60 Å². The second kappa shape index (κ2) is 6.80. The van der Waals surface area contributed by atoms with Crippen LogP contribution in [0, 0.1) is 23.2 Å². The van der Waals surface area contributed by atoms with Gasteiger partial charge in [-0.1, -0.05) is 17.6 Å². The van der Waals surface area contributed by atoms with Crippen molar-refractivity contribution in [3.8, 4) is 11.8 Å². The zero-order valence-corrected chi connectivity index (χ0v) is 15.4. The standard InChI is InChI=1S/C19H28N4O2/c1-18(2,3)11-8-17(24)20-15-7-4-6-14(15)12-23-13-16(21-22-23)19(25)9-5-10-19/h13-15,25H,4-7,9-10,12H2,1-3H3,(H,20,24)/t14-,15-/m1/s1. The molecule has 0 unspecified atom stereocenters. The number of aliphatic hydroxyl groups is 1. The van der Waals surface area contributed by atoms with Gasteiger partial charge < -0.3 is 10.4 Å². The van der Waals surface area contributed by atoms with Crippen molar-refractivity contribution in [1.29, 1.82) is 0 Å². The molecule has 0 radical (unpaired) electrons. The predicted octanol–water partition coefficient (Wildman–Crippen LogP) is 1.98. The third-order valence-corrected chi connectivity index (χ3v) is 5.14. The first-order valence-corrected chi connectivity index (χ1v) is 9.22. The molecule has 1 aromatic rings. The minimum atomic E-state index is -0.774. The Labute approximate surface area is 149 Å². The van der Waals surface area contributed by atoms with E-state index in [0.29, 0.717) is 18.2 Å². The van der Waals surface area contributed by atoms with Crippen molar-refractivity contribution in [1.82, 2.24) is 20.3 Å². The summed E-state index contributed by atoms with van der Waals surface area (Å²) in [5.74, 6) is 5.81. The number of nitrogens with zero attached hydrogens (tertiary/aromatic N) is 3. The number of carbonyl (C=O) groups is 1. The fourth-order valence-corrected chi connectivity index (χ4v) is 3.50. The van der Waals surface area contributed by atoms with E-state index in [1.807, 2.05) is 31.6 Å². The molecule has 25 heavy (non-hydrogen) atoms. The van der Waals surface area contributed by atoms with E-state index in [4.69, 9.17) is 0 Å². The van der Waals surface area contributed by atoms with Crippen LogP contribution in [0.5, 0.6) is 0 Å². The smallest absolute Gasteiger partial charge is 0.296 e. The molecule has 1 amide bonds. The Balaban J connectivity index is 1.58. The van der Waals surface area contributed by atoms with Crippen LogP contribution in [0.25, 0.3) is 0 Å². The molecule has 2 aliphatic carbocycles. The zero-order valence-electron chi connectivity index (χ0n) is 15.4. The van der Waals surface area contributed by atoms with Crippen molar-refractivity contribution in [3.63, 3.8) is 0 Å². The fourth-order valence-electron chi connectivity index (χ4n) is 3.50. The SMILES string of the molecule is CC(C)(C)C#CC(=O)N[C@@H]1CCC[C@@H]1Cn1cc(C2(O)CCC2)nn1. The largest absolute Gasteiger partial charge is 0.383 e. The van der Waals surface area contributed by atoms with Crippen molar-refractivity contribution in [3.05, 3.63) is 11.9 Å². The van der Waals surface area contributed by atoms with Gasteiger partial charge in [-0.2, -0.15) is 0 Å². The lowest BCUT2D eigenvalue weighted by Gasteiger charge is -2.34. The number of aromatic nitrogens is 3. The summed E-state index contributed by atoms with van der Waals surface area (Å²) in [7, 11) is 0. The Morgan fingerprint density at radius 1 is 1.40 bits per heavy atom. The maximum atomic E-state index is 12.1. The Kier molecular flexibility index (Phi) is 4.88. The minimum Gasteiger partial charge on any atom is -0.383 e. The topological polar surface area (TPSA) is 80.0 Å². The van der Waals surface area contributed by atoms with Gasteiger partial charge in [-0.15, -0.1) is 5.10 Å². The van der Waals surface area contributed by atoms with E-state index in [-0.39, 0.29) is 17.4 Å². The molecule has 1 aromatic heterocycles. The third kappa shape index (κ3) is 4.40. The van der Waals surface area contributed by atoms with Gasteiger partial charge in [-0.25, -0.2) is 0 Å². The van der Waals surface area contributed by atoms with Crippen molar-refractivity contribution < 1.29 is 9.90 Å². The molecule has 0 aliphatic heterocycles. The number of hydrogen-bond donors (Lipinski definition) is 2. The highest BCUT2D eigenvalue weighted by Gasteiger charge is 2.39. The third-order valence-electron chi connectivity index (χ3n) is 5.14. The van der Waals surface area contributed by atoms with Crippen molar-refractivity contribution in [2.45, 2.75) is 77.5 Å².